The highest BCUT2D eigenvalue weighted by Crippen LogP contribution is 2.10. The Morgan fingerprint density at radius 3 is 2.38 bits per heavy atom. The van der Waals surface area contributed by atoms with Crippen molar-refractivity contribution in [3.63, 3.8) is 0 Å². The van der Waals surface area contributed by atoms with E-state index < -0.39 is 11.8 Å². The predicted octanol–water partition coefficient (Wildman–Crippen LogP) is 1.22. The summed E-state index contributed by atoms with van der Waals surface area (Å²) < 4.78 is 0. The molecule has 0 atom stereocenters. The number of anilines is 1. The van der Waals surface area contributed by atoms with Crippen LogP contribution in [0.5, 0.6) is 0 Å². The van der Waals surface area contributed by atoms with Gasteiger partial charge in [-0.05, 0) is 23.8 Å². The van der Waals surface area contributed by atoms with E-state index in [9.17, 15) is 14.4 Å². The maximum atomic E-state index is 11.9. The number of benzene rings is 2. The number of primary amides is 1. The molecule has 5 N–H and O–H groups in total. The lowest BCUT2D eigenvalue weighted by Crippen LogP contribution is -2.33. The van der Waals surface area contributed by atoms with Crippen molar-refractivity contribution in [3.8, 4) is 0 Å². The molecule has 124 valence electrons. The van der Waals surface area contributed by atoms with Crippen LogP contribution in [0.1, 0.15) is 15.9 Å². The Labute approximate surface area is 139 Å². The summed E-state index contributed by atoms with van der Waals surface area (Å²) in [5.74, 6) is -1.07. The molecule has 0 aliphatic rings. The number of urea groups is 1. The zero-order valence-electron chi connectivity index (χ0n) is 12.9. The number of nitrogens with two attached hydrogens (primary N) is 1. The Hall–Kier alpha value is -3.35. The van der Waals surface area contributed by atoms with Crippen molar-refractivity contribution in [2.45, 2.75) is 6.54 Å². The molecule has 0 fully saturated rings. The van der Waals surface area contributed by atoms with Crippen molar-refractivity contribution in [2.75, 3.05) is 11.9 Å². The van der Waals surface area contributed by atoms with Crippen LogP contribution in [0.3, 0.4) is 0 Å². The Kier molecular flexibility index (Phi) is 5.90. The molecule has 0 aromatic heterocycles. The minimum atomic E-state index is -0.627. The van der Waals surface area contributed by atoms with Crippen LogP contribution in [0.4, 0.5) is 10.5 Å². The van der Waals surface area contributed by atoms with Gasteiger partial charge in [0.1, 0.15) is 0 Å². The molecule has 2 aromatic carbocycles. The second kappa shape index (κ2) is 8.33. The molecule has 2 rings (SSSR count). The molecule has 4 amide bonds. The summed E-state index contributed by atoms with van der Waals surface area (Å²) in [5.41, 5.74) is 6.74. The minimum Gasteiger partial charge on any atom is -0.368 e. The van der Waals surface area contributed by atoms with Crippen molar-refractivity contribution in [2.24, 2.45) is 5.73 Å². The lowest BCUT2D eigenvalue weighted by molar-refractivity contribution is -0.117. The van der Waals surface area contributed by atoms with Crippen molar-refractivity contribution >= 4 is 23.5 Å². The molecule has 0 spiro atoms. The molecule has 0 aliphatic carbocycles. The standard InChI is InChI=1S/C17H18N4O3/c18-15(22)11-19-16(23)13-7-4-8-14(9-13)21-17(24)20-10-12-5-2-1-3-6-12/h1-9H,10-11H2,(H2,18,22)(H,19,23)(H2,20,21,24). The molecular formula is C17H18N4O3. The average Bonchev–Trinajstić information content (AvgIpc) is 2.59. The molecule has 0 unspecified atom stereocenters. The van der Waals surface area contributed by atoms with Crippen LogP contribution in [0.25, 0.3) is 0 Å². The first-order valence-electron chi connectivity index (χ1n) is 7.30. The second-order valence-corrected chi connectivity index (χ2v) is 5.02. The summed E-state index contributed by atoms with van der Waals surface area (Å²) in [6.45, 7) is 0.152. The molecule has 24 heavy (non-hydrogen) atoms. The van der Waals surface area contributed by atoms with E-state index in [1.807, 2.05) is 30.3 Å². The van der Waals surface area contributed by atoms with Crippen LogP contribution < -0.4 is 21.7 Å². The first kappa shape index (κ1) is 17.0. The molecule has 0 bridgehead atoms. The average molecular weight is 326 g/mol. The summed E-state index contributed by atoms with van der Waals surface area (Å²) in [7, 11) is 0. The van der Waals surface area contributed by atoms with E-state index in [0.29, 0.717) is 17.8 Å². The fourth-order valence-corrected chi connectivity index (χ4v) is 1.96. The molecule has 0 heterocycles. The number of carbonyl (C=O) groups is 3. The molecule has 0 saturated heterocycles. The summed E-state index contributed by atoms with van der Waals surface area (Å²) in [6.07, 6.45) is 0. The van der Waals surface area contributed by atoms with E-state index in [-0.39, 0.29) is 12.6 Å². The van der Waals surface area contributed by atoms with Gasteiger partial charge in [-0.1, -0.05) is 36.4 Å². The Morgan fingerprint density at radius 2 is 1.67 bits per heavy atom. The van der Waals surface area contributed by atoms with Gasteiger partial charge in [-0.25, -0.2) is 4.79 Å². The fraction of sp³-hybridized carbons (Fsp3) is 0.118. The van der Waals surface area contributed by atoms with Crippen molar-refractivity contribution in [1.82, 2.24) is 10.6 Å². The third-order valence-corrected chi connectivity index (χ3v) is 3.10. The maximum Gasteiger partial charge on any atom is 0.319 e. The van der Waals surface area contributed by atoms with Gasteiger partial charge < -0.3 is 21.7 Å². The van der Waals surface area contributed by atoms with Gasteiger partial charge in [-0.3, -0.25) is 9.59 Å². The Balaban J connectivity index is 1.90. The number of hydrogen-bond donors (Lipinski definition) is 4. The van der Waals surface area contributed by atoms with Crippen molar-refractivity contribution in [3.05, 3.63) is 65.7 Å². The van der Waals surface area contributed by atoms with E-state index >= 15 is 0 Å². The van der Waals surface area contributed by atoms with Gasteiger partial charge in [0.2, 0.25) is 5.91 Å². The van der Waals surface area contributed by atoms with Crippen molar-refractivity contribution < 1.29 is 14.4 Å². The number of hydrogen-bond acceptors (Lipinski definition) is 3. The summed E-state index contributed by atoms with van der Waals surface area (Å²) in [4.78, 5) is 34.4. The maximum absolute atomic E-state index is 11.9. The largest absolute Gasteiger partial charge is 0.368 e. The minimum absolute atomic E-state index is 0.242. The highest BCUT2D eigenvalue weighted by molar-refractivity contribution is 5.98. The highest BCUT2D eigenvalue weighted by atomic mass is 16.2. The van der Waals surface area contributed by atoms with Crippen LogP contribution >= 0.6 is 0 Å². The first-order valence-corrected chi connectivity index (χ1v) is 7.30. The second-order valence-electron chi connectivity index (χ2n) is 5.02. The molecule has 7 nitrogen and oxygen atoms in total. The van der Waals surface area contributed by atoms with Crippen LogP contribution in [0, 0.1) is 0 Å². The summed E-state index contributed by atoms with van der Waals surface area (Å²) in [5, 5.41) is 7.76. The zero-order valence-corrected chi connectivity index (χ0v) is 12.9. The van der Waals surface area contributed by atoms with E-state index in [1.54, 1.807) is 18.2 Å². The zero-order chi connectivity index (χ0) is 17.4. The van der Waals surface area contributed by atoms with E-state index in [2.05, 4.69) is 16.0 Å². The van der Waals surface area contributed by atoms with Gasteiger partial charge in [-0.2, -0.15) is 0 Å². The van der Waals surface area contributed by atoms with E-state index in [4.69, 9.17) is 5.73 Å². The SMILES string of the molecule is NC(=O)CNC(=O)c1cccc(NC(=O)NCc2ccccc2)c1. The van der Waals surface area contributed by atoms with E-state index in [1.165, 1.54) is 6.07 Å². The Morgan fingerprint density at radius 1 is 0.917 bits per heavy atom. The lowest BCUT2D eigenvalue weighted by atomic mass is 10.2. The molecular weight excluding hydrogens is 308 g/mol. The Bertz CT molecular complexity index is 732. The number of amides is 4. The monoisotopic (exact) mass is 326 g/mol. The predicted molar refractivity (Wildman–Crippen MR) is 90.3 cm³/mol. The molecule has 7 heteroatoms. The molecule has 0 radical (unpaired) electrons. The molecule has 0 aliphatic heterocycles. The molecule has 0 saturated carbocycles. The number of carbonyl (C=O) groups excluding carboxylic acids is 3. The summed E-state index contributed by atoms with van der Waals surface area (Å²) in [6, 6.07) is 15.5. The van der Waals surface area contributed by atoms with Crippen LogP contribution in [-0.4, -0.2) is 24.4 Å². The van der Waals surface area contributed by atoms with Gasteiger partial charge in [0.25, 0.3) is 5.91 Å². The third kappa shape index (κ3) is 5.45. The van der Waals surface area contributed by atoms with Gasteiger partial charge in [0.05, 0.1) is 6.54 Å². The van der Waals surface area contributed by atoms with Gasteiger partial charge >= 0.3 is 6.03 Å². The number of rotatable bonds is 6. The highest BCUT2D eigenvalue weighted by Gasteiger charge is 2.08. The first-order chi connectivity index (χ1) is 11.5. The van der Waals surface area contributed by atoms with Gasteiger partial charge in [0, 0.05) is 17.8 Å². The normalized spacial score (nSPS) is 9.83. The number of nitrogens with one attached hydrogen (secondary N) is 3. The molecule has 2 aromatic rings. The van der Waals surface area contributed by atoms with Crippen LogP contribution in [-0.2, 0) is 11.3 Å². The topological polar surface area (TPSA) is 113 Å². The quantitative estimate of drug-likeness (QED) is 0.640. The van der Waals surface area contributed by atoms with E-state index in [0.717, 1.165) is 5.56 Å². The van der Waals surface area contributed by atoms with Gasteiger partial charge in [-0.15, -0.1) is 0 Å². The third-order valence-electron chi connectivity index (χ3n) is 3.10. The van der Waals surface area contributed by atoms with Crippen molar-refractivity contribution in [1.29, 1.82) is 0 Å². The smallest absolute Gasteiger partial charge is 0.319 e. The van der Waals surface area contributed by atoms with Crippen LogP contribution in [0.2, 0.25) is 0 Å². The fourth-order valence-electron chi connectivity index (χ4n) is 1.96. The van der Waals surface area contributed by atoms with Gasteiger partial charge in [0.15, 0.2) is 0 Å². The lowest BCUT2D eigenvalue weighted by Gasteiger charge is -2.09. The van der Waals surface area contributed by atoms with Crippen LogP contribution in [0.15, 0.2) is 54.6 Å². The summed E-state index contributed by atoms with van der Waals surface area (Å²) >= 11 is 0.